The minimum Gasteiger partial charge on any atom is -0.269 e. The first kappa shape index (κ1) is 17.4. The highest BCUT2D eigenvalue weighted by atomic mass is 32.2. The van der Waals surface area contributed by atoms with Crippen LogP contribution in [0.1, 0.15) is 11.1 Å². The average Bonchev–Trinajstić information content (AvgIpc) is 2.55. The van der Waals surface area contributed by atoms with E-state index in [0.717, 1.165) is 15.9 Å². The topological polar surface area (TPSA) is 104 Å². The lowest BCUT2D eigenvalue weighted by Gasteiger charge is -2.19. The van der Waals surface area contributed by atoms with Gasteiger partial charge in [0.05, 0.1) is 28.0 Å². The summed E-state index contributed by atoms with van der Waals surface area (Å²) in [5, 5.41) is 19.7. The minimum absolute atomic E-state index is 0.150. The van der Waals surface area contributed by atoms with E-state index in [1.54, 1.807) is 31.2 Å². The number of hydrogen-bond donors (Lipinski definition) is 0. The van der Waals surface area contributed by atoms with Gasteiger partial charge < -0.3 is 0 Å². The molecule has 7 nitrogen and oxygen atoms in total. The van der Waals surface area contributed by atoms with Crippen LogP contribution < -0.4 is 4.31 Å². The summed E-state index contributed by atoms with van der Waals surface area (Å²) < 4.78 is 26.4. The Labute approximate surface area is 140 Å². The van der Waals surface area contributed by atoms with Crippen molar-refractivity contribution in [2.75, 3.05) is 11.4 Å². The largest absolute Gasteiger partial charge is 0.273 e. The Hall–Kier alpha value is -2.92. The molecule has 0 aliphatic heterocycles. The van der Waals surface area contributed by atoms with Crippen molar-refractivity contribution >= 4 is 21.4 Å². The molecule has 8 heteroatoms. The van der Waals surface area contributed by atoms with E-state index in [0.29, 0.717) is 11.3 Å². The molecule has 0 amide bonds. The van der Waals surface area contributed by atoms with Crippen molar-refractivity contribution in [1.29, 1.82) is 5.26 Å². The number of nitriles is 1. The fourth-order valence-electron chi connectivity index (χ4n) is 2.16. The molecule has 0 N–H and O–H groups in total. The third-order valence-corrected chi connectivity index (χ3v) is 5.40. The van der Waals surface area contributed by atoms with Gasteiger partial charge in [0.25, 0.3) is 15.7 Å². The van der Waals surface area contributed by atoms with Gasteiger partial charge >= 0.3 is 0 Å². The molecule has 0 bridgehead atoms. The summed E-state index contributed by atoms with van der Waals surface area (Å²) in [7, 11) is -2.55. The molecule has 0 spiro atoms. The Balaban J connectivity index is 2.41. The van der Waals surface area contributed by atoms with Crippen molar-refractivity contribution in [1.82, 2.24) is 0 Å². The second-order valence-corrected chi connectivity index (χ2v) is 7.15. The van der Waals surface area contributed by atoms with E-state index in [2.05, 4.69) is 0 Å². The van der Waals surface area contributed by atoms with Crippen LogP contribution in [0.3, 0.4) is 0 Å². The van der Waals surface area contributed by atoms with Gasteiger partial charge in [-0.25, -0.2) is 8.42 Å². The molecule has 0 aliphatic rings. The maximum atomic E-state index is 12.7. The maximum Gasteiger partial charge on any atom is 0.273 e. The molecular formula is C16H15N3O4S. The van der Waals surface area contributed by atoms with Gasteiger partial charge in [-0.2, -0.15) is 5.26 Å². The summed E-state index contributed by atoms with van der Waals surface area (Å²) in [6, 6.07) is 12.4. The second-order valence-electron chi connectivity index (χ2n) is 5.18. The van der Waals surface area contributed by atoms with Crippen LogP contribution in [0, 0.1) is 28.4 Å². The number of rotatable bonds is 5. The van der Waals surface area contributed by atoms with Crippen LogP contribution in [-0.2, 0) is 16.4 Å². The highest BCUT2D eigenvalue weighted by molar-refractivity contribution is 7.92. The van der Waals surface area contributed by atoms with Crippen molar-refractivity contribution in [2.45, 2.75) is 18.2 Å². The van der Waals surface area contributed by atoms with Crippen LogP contribution in [0.15, 0.2) is 47.4 Å². The highest BCUT2D eigenvalue weighted by Crippen LogP contribution is 2.27. The summed E-state index contributed by atoms with van der Waals surface area (Å²) in [5.74, 6) is 0. The van der Waals surface area contributed by atoms with Crippen LogP contribution in [0.2, 0.25) is 0 Å². The lowest BCUT2D eigenvalue weighted by Crippen LogP contribution is -2.26. The third-order valence-electron chi connectivity index (χ3n) is 3.62. The Kier molecular flexibility index (Phi) is 4.85. The molecule has 0 fully saturated rings. The van der Waals surface area contributed by atoms with Crippen molar-refractivity contribution in [3.8, 4) is 6.07 Å². The predicted octanol–water partition coefficient (Wildman–Crippen LogP) is 2.79. The number of benzene rings is 2. The Morgan fingerprint density at radius 2 is 1.83 bits per heavy atom. The predicted molar refractivity (Wildman–Crippen MR) is 89.2 cm³/mol. The van der Waals surface area contributed by atoms with E-state index in [9.17, 15) is 18.5 Å². The van der Waals surface area contributed by atoms with E-state index in [-0.39, 0.29) is 17.0 Å². The van der Waals surface area contributed by atoms with Gasteiger partial charge in [0, 0.05) is 18.7 Å². The smallest absolute Gasteiger partial charge is 0.269 e. The van der Waals surface area contributed by atoms with Crippen LogP contribution in [0.5, 0.6) is 0 Å². The molecule has 0 unspecified atom stereocenters. The lowest BCUT2D eigenvalue weighted by molar-refractivity contribution is -0.385. The number of nitro groups is 1. The zero-order valence-corrected chi connectivity index (χ0v) is 13.9. The van der Waals surface area contributed by atoms with E-state index in [4.69, 9.17) is 5.26 Å². The number of sulfonamides is 1. The number of anilines is 1. The molecule has 0 heterocycles. The molecule has 2 rings (SSSR count). The van der Waals surface area contributed by atoms with Crippen molar-refractivity contribution in [2.24, 2.45) is 0 Å². The van der Waals surface area contributed by atoms with Gasteiger partial charge in [-0.05, 0) is 30.7 Å². The van der Waals surface area contributed by atoms with Crippen molar-refractivity contribution < 1.29 is 13.3 Å². The SMILES string of the molecule is Cc1ccc(S(=O)(=O)N(C)c2ccc(CC#N)cc2)cc1[N+](=O)[O-]. The summed E-state index contributed by atoms with van der Waals surface area (Å²) in [6.45, 7) is 1.55. The normalized spacial score (nSPS) is 10.9. The summed E-state index contributed by atoms with van der Waals surface area (Å²) in [6.07, 6.45) is 0.237. The highest BCUT2D eigenvalue weighted by Gasteiger charge is 2.24. The van der Waals surface area contributed by atoms with Gasteiger partial charge in [0.1, 0.15) is 0 Å². The molecule has 124 valence electrons. The molecule has 2 aromatic rings. The van der Waals surface area contributed by atoms with Crippen molar-refractivity contribution in [3.63, 3.8) is 0 Å². The van der Waals surface area contributed by atoms with Gasteiger partial charge in [-0.1, -0.05) is 18.2 Å². The van der Waals surface area contributed by atoms with Crippen LogP contribution >= 0.6 is 0 Å². The van der Waals surface area contributed by atoms with E-state index >= 15 is 0 Å². The molecule has 0 aliphatic carbocycles. The van der Waals surface area contributed by atoms with Crippen LogP contribution in [0.4, 0.5) is 11.4 Å². The standard InChI is InChI=1S/C16H15N3O4S/c1-12-3-8-15(11-16(12)19(20)21)24(22,23)18(2)14-6-4-13(5-7-14)9-10-17/h3-8,11H,9H2,1-2H3. The first-order valence-corrected chi connectivity index (χ1v) is 8.41. The van der Waals surface area contributed by atoms with Crippen LogP contribution in [0.25, 0.3) is 0 Å². The molecule has 0 saturated carbocycles. The number of nitrogens with zero attached hydrogens (tertiary/aromatic N) is 3. The van der Waals surface area contributed by atoms with Gasteiger partial charge in [-0.15, -0.1) is 0 Å². The molecule has 2 aromatic carbocycles. The summed E-state index contributed by atoms with van der Waals surface area (Å²) >= 11 is 0. The van der Waals surface area contributed by atoms with Gasteiger partial charge in [0.15, 0.2) is 0 Å². The van der Waals surface area contributed by atoms with Crippen LogP contribution in [-0.4, -0.2) is 20.4 Å². The molecular weight excluding hydrogens is 330 g/mol. The number of aryl methyl sites for hydroxylation is 1. The summed E-state index contributed by atoms with van der Waals surface area (Å²) in [4.78, 5) is 10.3. The monoisotopic (exact) mass is 345 g/mol. The average molecular weight is 345 g/mol. The molecule has 0 saturated heterocycles. The Bertz CT molecular complexity index is 915. The molecule has 0 atom stereocenters. The summed E-state index contributed by atoms with van der Waals surface area (Å²) in [5.41, 5.74) is 1.33. The Morgan fingerprint density at radius 3 is 2.38 bits per heavy atom. The van der Waals surface area contributed by atoms with Gasteiger partial charge in [-0.3, -0.25) is 14.4 Å². The second kappa shape index (κ2) is 6.68. The Morgan fingerprint density at radius 1 is 1.21 bits per heavy atom. The number of hydrogen-bond acceptors (Lipinski definition) is 5. The first-order chi connectivity index (χ1) is 11.3. The van der Waals surface area contributed by atoms with E-state index in [1.807, 2.05) is 6.07 Å². The van der Waals surface area contributed by atoms with Gasteiger partial charge in [0.2, 0.25) is 0 Å². The fourth-order valence-corrected chi connectivity index (χ4v) is 3.37. The zero-order chi connectivity index (χ0) is 17.9. The zero-order valence-electron chi connectivity index (χ0n) is 13.1. The quantitative estimate of drug-likeness (QED) is 0.612. The fraction of sp³-hybridized carbons (Fsp3) is 0.188. The van der Waals surface area contributed by atoms with E-state index < -0.39 is 14.9 Å². The molecule has 24 heavy (non-hydrogen) atoms. The lowest BCUT2D eigenvalue weighted by atomic mass is 10.1. The molecule has 0 aromatic heterocycles. The van der Waals surface area contributed by atoms with E-state index in [1.165, 1.54) is 19.2 Å². The molecule has 0 radical (unpaired) electrons. The van der Waals surface area contributed by atoms with Crippen molar-refractivity contribution in [3.05, 3.63) is 63.7 Å². The first-order valence-electron chi connectivity index (χ1n) is 6.97. The maximum absolute atomic E-state index is 12.7. The third kappa shape index (κ3) is 3.36. The minimum atomic E-state index is -3.93. The number of nitro benzene ring substituents is 1.